The molecule has 1 N–H and O–H groups in total. The molecule has 3 nitrogen and oxygen atoms in total. The number of anilines is 1. The molecule has 1 heterocycles. The summed E-state index contributed by atoms with van der Waals surface area (Å²) >= 11 is 7.12. The van der Waals surface area contributed by atoms with Crippen molar-refractivity contribution in [2.24, 2.45) is 0 Å². The molecule has 0 saturated carbocycles. The quantitative estimate of drug-likeness (QED) is 0.669. The average Bonchev–Trinajstić information content (AvgIpc) is 2.48. The summed E-state index contributed by atoms with van der Waals surface area (Å²) in [6.07, 6.45) is 6.26. The minimum Gasteiger partial charge on any atom is -0.302 e. The number of alkyl halides is 1. The third kappa shape index (κ3) is 2.95. The van der Waals surface area contributed by atoms with Crippen LogP contribution in [0.4, 0.5) is 5.13 Å². The van der Waals surface area contributed by atoms with E-state index in [0.717, 1.165) is 18.0 Å². The Hall–Kier alpha value is -0.610. The van der Waals surface area contributed by atoms with Crippen LogP contribution >= 0.6 is 22.9 Å². The topological polar surface area (TPSA) is 42.0 Å². The largest absolute Gasteiger partial charge is 0.302 e. The highest BCUT2D eigenvalue weighted by atomic mass is 35.5. The van der Waals surface area contributed by atoms with Crippen molar-refractivity contribution in [1.82, 2.24) is 4.98 Å². The summed E-state index contributed by atoms with van der Waals surface area (Å²) in [7, 11) is 0. The fourth-order valence-corrected chi connectivity index (χ4v) is 3.09. The second kappa shape index (κ2) is 5.64. The number of amides is 1. The van der Waals surface area contributed by atoms with Crippen LogP contribution in [0.25, 0.3) is 0 Å². The molecule has 0 aliphatic heterocycles. The summed E-state index contributed by atoms with van der Waals surface area (Å²) in [4.78, 5) is 17.2. The van der Waals surface area contributed by atoms with Crippen LogP contribution in [0.15, 0.2) is 0 Å². The smallest absolute Gasteiger partial charge is 0.227 e. The zero-order valence-corrected chi connectivity index (χ0v) is 10.7. The number of aryl methyl sites for hydroxylation is 2. The van der Waals surface area contributed by atoms with Gasteiger partial charge in [-0.1, -0.05) is 6.42 Å². The molecule has 5 heteroatoms. The van der Waals surface area contributed by atoms with Crippen LogP contribution in [0.2, 0.25) is 0 Å². The van der Waals surface area contributed by atoms with Gasteiger partial charge in [0.15, 0.2) is 5.13 Å². The van der Waals surface area contributed by atoms with Crippen LogP contribution in [0.3, 0.4) is 0 Å². The average molecular weight is 259 g/mol. The zero-order chi connectivity index (χ0) is 11.4. The summed E-state index contributed by atoms with van der Waals surface area (Å²) in [6, 6.07) is 0. The lowest BCUT2D eigenvalue weighted by molar-refractivity contribution is -0.115. The highest BCUT2D eigenvalue weighted by Gasteiger charge is 2.14. The van der Waals surface area contributed by atoms with Crippen molar-refractivity contribution in [3.05, 3.63) is 10.6 Å². The number of fused-ring (bicyclic) bond motifs is 1. The fourth-order valence-electron chi connectivity index (χ4n) is 1.85. The Morgan fingerprint density at radius 2 is 2.19 bits per heavy atom. The first-order valence-electron chi connectivity index (χ1n) is 5.64. The number of rotatable bonds is 3. The molecule has 0 radical (unpaired) electrons. The van der Waals surface area contributed by atoms with Crippen molar-refractivity contribution in [1.29, 1.82) is 0 Å². The van der Waals surface area contributed by atoms with E-state index in [0.29, 0.717) is 12.3 Å². The first kappa shape index (κ1) is 11.9. The highest BCUT2D eigenvalue weighted by Crippen LogP contribution is 2.28. The van der Waals surface area contributed by atoms with Gasteiger partial charge in [-0.3, -0.25) is 4.79 Å². The predicted molar refractivity (Wildman–Crippen MR) is 67.3 cm³/mol. The van der Waals surface area contributed by atoms with E-state index in [9.17, 15) is 4.79 Å². The lowest BCUT2D eigenvalue weighted by atomic mass is 10.2. The molecule has 1 aliphatic rings. The number of carbonyl (C=O) groups excluding carboxylic acids is 1. The molecular formula is C11H15ClN2OS. The van der Waals surface area contributed by atoms with Gasteiger partial charge in [0, 0.05) is 17.2 Å². The molecule has 88 valence electrons. The number of halogens is 1. The SMILES string of the molecule is O=C(CCCl)Nc1nc2c(s1)CCCCC2. The number of thiazole rings is 1. The summed E-state index contributed by atoms with van der Waals surface area (Å²) < 4.78 is 0. The predicted octanol–water partition coefficient (Wildman–Crippen LogP) is 2.98. The van der Waals surface area contributed by atoms with Crippen LogP contribution in [-0.2, 0) is 17.6 Å². The van der Waals surface area contributed by atoms with Gasteiger partial charge in [0.2, 0.25) is 5.91 Å². The molecule has 0 unspecified atom stereocenters. The Kier molecular flexibility index (Phi) is 4.18. The van der Waals surface area contributed by atoms with E-state index in [-0.39, 0.29) is 5.91 Å². The second-order valence-corrected chi connectivity index (χ2v) is 5.40. The van der Waals surface area contributed by atoms with Gasteiger partial charge < -0.3 is 5.32 Å². The first-order chi connectivity index (χ1) is 7.79. The van der Waals surface area contributed by atoms with Crippen LogP contribution in [0.5, 0.6) is 0 Å². The number of hydrogen-bond donors (Lipinski definition) is 1. The van der Waals surface area contributed by atoms with Crippen LogP contribution < -0.4 is 5.32 Å². The standard InChI is InChI=1S/C11H15ClN2OS/c12-7-6-10(15)14-11-13-8-4-2-1-3-5-9(8)16-11/h1-7H2,(H,13,14,15). The van der Waals surface area contributed by atoms with Crippen LogP contribution in [0, 0.1) is 0 Å². The van der Waals surface area contributed by atoms with Crippen molar-refractivity contribution in [2.45, 2.75) is 38.5 Å². The normalized spacial score (nSPS) is 15.3. The molecular weight excluding hydrogens is 244 g/mol. The van der Waals surface area contributed by atoms with Crippen LogP contribution in [-0.4, -0.2) is 16.8 Å². The minimum atomic E-state index is -0.0427. The molecule has 0 aromatic carbocycles. The van der Waals surface area contributed by atoms with E-state index >= 15 is 0 Å². The van der Waals surface area contributed by atoms with Crippen molar-refractivity contribution in [3.63, 3.8) is 0 Å². The summed E-state index contributed by atoms with van der Waals surface area (Å²) in [5, 5.41) is 3.54. The van der Waals surface area contributed by atoms with Crippen molar-refractivity contribution >= 4 is 34.0 Å². The monoisotopic (exact) mass is 258 g/mol. The van der Waals surface area contributed by atoms with Gasteiger partial charge in [-0.25, -0.2) is 4.98 Å². The molecule has 0 fully saturated rings. The molecule has 1 aromatic heterocycles. The lowest BCUT2D eigenvalue weighted by Gasteiger charge is -1.98. The number of hydrogen-bond acceptors (Lipinski definition) is 3. The van der Waals surface area contributed by atoms with E-state index in [2.05, 4.69) is 10.3 Å². The Morgan fingerprint density at radius 3 is 3.00 bits per heavy atom. The van der Waals surface area contributed by atoms with Crippen molar-refractivity contribution in [2.75, 3.05) is 11.2 Å². The molecule has 2 rings (SSSR count). The summed E-state index contributed by atoms with van der Waals surface area (Å²) in [5.41, 5.74) is 1.18. The molecule has 0 bridgehead atoms. The number of carbonyl (C=O) groups is 1. The van der Waals surface area contributed by atoms with Gasteiger partial charge >= 0.3 is 0 Å². The van der Waals surface area contributed by atoms with Gasteiger partial charge in [-0.2, -0.15) is 0 Å². The van der Waals surface area contributed by atoms with Gasteiger partial charge in [-0.15, -0.1) is 22.9 Å². The maximum Gasteiger partial charge on any atom is 0.227 e. The minimum absolute atomic E-state index is 0.0427. The van der Waals surface area contributed by atoms with Gasteiger partial charge in [0.05, 0.1) is 5.69 Å². The third-order valence-electron chi connectivity index (χ3n) is 2.66. The fraction of sp³-hybridized carbons (Fsp3) is 0.636. The lowest BCUT2D eigenvalue weighted by Crippen LogP contribution is -2.11. The molecule has 1 amide bonds. The molecule has 16 heavy (non-hydrogen) atoms. The maximum atomic E-state index is 11.4. The Labute approximate surface area is 104 Å². The molecule has 0 saturated heterocycles. The Bertz CT molecular complexity index is 355. The molecule has 0 spiro atoms. The van der Waals surface area contributed by atoms with E-state index in [1.807, 2.05) is 0 Å². The number of aromatic nitrogens is 1. The number of nitrogens with zero attached hydrogens (tertiary/aromatic N) is 1. The maximum absolute atomic E-state index is 11.4. The van der Waals surface area contributed by atoms with E-state index in [1.165, 1.54) is 29.8 Å². The van der Waals surface area contributed by atoms with Gasteiger partial charge in [-0.05, 0) is 25.7 Å². The second-order valence-electron chi connectivity index (χ2n) is 3.94. The molecule has 1 aliphatic carbocycles. The van der Waals surface area contributed by atoms with Crippen molar-refractivity contribution in [3.8, 4) is 0 Å². The summed E-state index contributed by atoms with van der Waals surface area (Å²) in [6.45, 7) is 0. The van der Waals surface area contributed by atoms with E-state index in [1.54, 1.807) is 11.3 Å². The third-order valence-corrected chi connectivity index (χ3v) is 3.93. The van der Waals surface area contributed by atoms with Gasteiger partial charge in [0.25, 0.3) is 0 Å². The number of nitrogens with one attached hydrogen (secondary N) is 1. The Balaban J connectivity index is 2.03. The first-order valence-corrected chi connectivity index (χ1v) is 6.99. The van der Waals surface area contributed by atoms with Crippen LogP contribution in [0.1, 0.15) is 36.3 Å². The Morgan fingerprint density at radius 1 is 1.38 bits per heavy atom. The van der Waals surface area contributed by atoms with Crippen molar-refractivity contribution < 1.29 is 4.79 Å². The van der Waals surface area contributed by atoms with E-state index < -0.39 is 0 Å². The zero-order valence-electron chi connectivity index (χ0n) is 9.09. The highest BCUT2D eigenvalue weighted by molar-refractivity contribution is 7.15. The molecule has 1 aromatic rings. The van der Waals surface area contributed by atoms with E-state index in [4.69, 9.17) is 11.6 Å². The van der Waals surface area contributed by atoms with Gasteiger partial charge in [0.1, 0.15) is 0 Å². The molecule has 0 atom stereocenters. The summed E-state index contributed by atoms with van der Waals surface area (Å²) in [5.74, 6) is 0.315.